The second kappa shape index (κ2) is 7.01. The summed E-state index contributed by atoms with van der Waals surface area (Å²) in [5.74, 6) is 1.58. The molecule has 1 atom stereocenters. The number of ketones is 1. The van der Waals surface area contributed by atoms with E-state index >= 15 is 0 Å². The first-order valence-corrected chi connectivity index (χ1v) is 8.91. The Balaban J connectivity index is 1.62. The summed E-state index contributed by atoms with van der Waals surface area (Å²) in [4.78, 5) is 30.2. The Bertz CT molecular complexity index is 834. The molecule has 3 rings (SSSR count). The van der Waals surface area contributed by atoms with Crippen LogP contribution in [-0.4, -0.2) is 43.6 Å². The quantitative estimate of drug-likeness (QED) is 0.705. The molecule has 1 fully saturated rings. The molecule has 0 radical (unpaired) electrons. The molecule has 0 saturated heterocycles. The normalized spacial score (nSPS) is 15.1. The van der Waals surface area contributed by atoms with Crippen molar-refractivity contribution in [2.75, 3.05) is 7.05 Å². The zero-order valence-electron chi connectivity index (χ0n) is 15.9. The predicted molar refractivity (Wildman–Crippen MR) is 93.8 cm³/mol. The van der Waals surface area contributed by atoms with Gasteiger partial charge in [0, 0.05) is 25.1 Å². The predicted octanol–water partition coefficient (Wildman–Crippen LogP) is 2.57. The van der Waals surface area contributed by atoms with Crippen LogP contribution in [0.3, 0.4) is 0 Å². The lowest BCUT2D eigenvalue weighted by Crippen LogP contribution is -2.28. The van der Waals surface area contributed by atoms with Crippen LogP contribution in [0.5, 0.6) is 0 Å². The van der Waals surface area contributed by atoms with Crippen molar-refractivity contribution in [3.8, 4) is 0 Å². The summed E-state index contributed by atoms with van der Waals surface area (Å²) in [7, 11) is 1.72. The Labute approximate surface area is 152 Å². The van der Waals surface area contributed by atoms with Gasteiger partial charge in [-0.1, -0.05) is 5.16 Å². The molecule has 1 saturated carbocycles. The number of carbonyl (C=O) groups excluding carboxylic acids is 2. The van der Waals surface area contributed by atoms with Crippen LogP contribution in [0.4, 0.5) is 0 Å². The number of aromatic nitrogens is 4. The monoisotopic (exact) mass is 359 g/mol. The van der Waals surface area contributed by atoms with Crippen LogP contribution in [-0.2, 0) is 11.3 Å². The minimum Gasteiger partial charge on any atom is -0.337 e. The molecule has 0 bridgehead atoms. The highest BCUT2D eigenvalue weighted by molar-refractivity contribution is 5.96. The number of nitrogens with zero attached hydrogens (tertiary/aromatic N) is 5. The van der Waals surface area contributed by atoms with Crippen molar-refractivity contribution in [2.45, 2.75) is 65.5 Å². The second-order valence-electron chi connectivity index (χ2n) is 7.17. The smallest absolute Gasteiger partial charge is 0.246 e. The number of aryl methyl sites for hydroxylation is 1. The van der Waals surface area contributed by atoms with Crippen molar-refractivity contribution in [3.05, 3.63) is 28.7 Å². The molecule has 8 nitrogen and oxygen atoms in total. The van der Waals surface area contributed by atoms with Gasteiger partial charge in [0.1, 0.15) is 0 Å². The molecule has 1 unspecified atom stereocenters. The van der Waals surface area contributed by atoms with Crippen LogP contribution in [0, 0.1) is 13.8 Å². The van der Waals surface area contributed by atoms with Gasteiger partial charge in [-0.2, -0.15) is 10.1 Å². The van der Waals surface area contributed by atoms with Crippen LogP contribution in [0.25, 0.3) is 0 Å². The third kappa shape index (κ3) is 3.68. The zero-order valence-corrected chi connectivity index (χ0v) is 15.9. The average Bonchev–Trinajstić information content (AvgIpc) is 3.23. The molecule has 0 aromatic carbocycles. The van der Waals surface area contributed by atoms with Crippen molar-refractivity contribution >= 4 is 11.7 Å². The fourth-order valence-electron chi connectivity index (χ4n) is 3.23. The van der Waals surface area contributed by atoms with Gasteiger partial charge in [0.05, 0.1) is 23.8 Å². The van der Waals surface area contributed by atoms with Gasteiger partial charge in [-0.05, 0) is 40.5 Å². The van der Waals surface area contributed by atoms with E-state index in [1.54, 1.807) is 16.6 Å². The number of amides is 1. The van der Waals surface area contributed by atoms with Crippen molar-refractivity contribution < 1.29 is 14.1 Å². The minimum atomic E-state index is -0.151. The molecule has 26 heavy (non-hydrogen) atoms. The summed E-state index contributed by atoms with van der Waals surface area (Å²) in [5, 5.41) is 8.41. The molecule has 140 valence electrons. The van der Waals surface area contributed by atoms with Gasteiger partial charge in [0.2, 0.25) is 11.8 Å². The molecular formula is C18H25N5O3. The standard InChI is InChI=1S/C18H25N5O3/c1-10(23-12(3)17(13(4)24)11(2)20-23)8-16(25)22(5)9-15-19-18(21-26-15)14-6-7-14/h10,14H,6-9H2,1-5H3. The Morgan fingerprint density at radius 2 is 2.04 bits per heavy atom. The molecule has 1 amide bonds. The van der Waals surface area contributed by atoms with Crippen molar-refractivity contribution in [3.63, 3.8) is 0 Å². The summed E-state index contributed by atoms with van der Waals surface area (Å²) >= 11 is 0. The van der Waals surface area contributed by atoms with Crippen molar-refractivity contribution in [1.82, 2.24) is 24.8 Å². The van der Waals surface area contributed by atoms with Crippen molar-refractivity contribution in [1.29, 1.82) is 0 Å². The topological polar surface area (TPSA) is 94.1 Å². The largest absolute Gasteiger partial charge is 0.337 e. The molecule has 0 spiro atoms. The zero-order chi connectivity index (χ0) is 19.0. The summed E-state index contributed by atoms with van der Waals surface area (Å²) in [6.07, 6.45) is 2.49. The van der Waals surface area contributed by atoms with E-state index < -0.39 is 0 Å². The lowest BCUT2D eigenvalue weighted by Gasteiger charge is -2.19. The maximum atomic E-state index is 12.5. The first-order valence-electron chi connectivity index (χ1n) is 8.91. The van der Waals surface area contributed by atoms with Gasteiger partial charge in [-0.3, -0.25) is 14.3 Å². The first-order chi connectivity index (χ1) is 12.3. The van der Waals surface area contributed by atoms with E-state index in [4.69, 9.17) is 4.52 Å². The summed E-state index contributed by atoms with van der Waals surface area (Å²) < 4.78 is 6.99. The van der Waals surface area contributed by atoms with Gasteiger partial charge in [-0.15, -0.1) is 0 Å². The molecule has 2 heterocycles. The number of Topliss-reactive ketones (excluding diaryl/α,β-unsaturated/α-hetero) is 1. The number of rotatable bonds is 7. The summed E-state index contributed by atoms with van der Waals surface area (Å²) in [6, 6.07) is -0.151. The Hall–Kier alpha value is -2.51. The lowest BCUT2D eigenvalue weighted by atomic mass is 10.1. The van der Waals surface area contributed by atoms with Crippen LogP contribution in [0.15, 0.2) is 4.52 Å². The molecule has 1 aliphatic rings. The highest BCUT2D eigenvalue weighted by atomic mass is 16.5. The van der Waals surface area contributed by atoms with Crippen molar-refractivity contribution in [2.24, 2.45) is 0 Å². The second-order valence-corrected chi connectivity index (χ2v) is 7.17. The molecule has 2 aromatic heterocycles. The van der Waals surface area contributed by atoms with E-state index in [2.05, 4.69) is 15.2 Å². The Morgan fingerprint density at radius 1 is 1.35 bits per heavy atom. The molecule has 1 aliphatic carbocycles. The van der Waals surface area contributed by atoms with E-state index in [1.165, 1.54) is 6.92 Å². The lowest BCUT2D eigenvalue weighted by molar-refractivity contribution is -0.131. The number of carbonyl (C=O) groups is 2. The minimum absolute atomic E-state index is 0.00949. The SMILES string of the molecule is CC(=O)c1c(C)nn(C(C)CC(=O)N(C)Cc2nc(C3CC3)no2)c1C. The van der Waals surface area contributed by atoms with Gasteiger partial charge in [0.25, 0.3) is 0 Å². The van der Waals surface area contributed by atoms with Gasteiger partial charge < -0.3 is 9.42 Å². The van der Waals surface area contributed by atoms with Gasteiger partial charge in [0.15, 0.2) is 11.6 Å². The van der Waals surface area contributed by atoms with E-state index in [9.17, 15) is 9.59 Å². The van der Waals surface area contributed by atoms with E-state index in [-0.39, 0.29) is 24.2 Å². The molecule has 0 N–H and O–H groups in total. The summed E-state index contributed by atoms with van der Waals surface area (Å²) in [5.41, 5.74) is 2.13. The molecular weight excluding hydrogens is 334 g/mol. The molecule has 8 heteroatoms. The van der Waals surface area contributed by atoms with Crippen LogP contribution in [0.1, 0.15) is 78.5 Å². The van der Waals surface area contributed by atoms with E-state index in [1.807, 2.05) is 20.8 Å². The third-order valence-corrected chi connectivity index (χ3v) is 4.79. The first kappa shape index (κ1) is 18.3. The highest BCUT2D eigenvalue weighted by Crippen LogP contribution is 2.38. The summed E-state index contributed by atoms with van der Waals surface area (Å²) in [6.45, 7) is 7.42. The van der Waals surface area contributed by atoms with E-state index in [0.29, 0.717) is 29.6 Å². The Morgan fingerprint density at radius 3 is 2.62 bits per heavy atom. The third-order valence-electron chi connectivity index (χ3n) is 4.79. The maximum absolute atomic E-state index is 12.5. The number of hydrogen-bond donors (Lipinski definition) is 0. The Kier molecular flexibility index (Phi) is 4.93. The average molecular weight is 359 g/mol. The maximum Gasteiger partial charge on any atom is 0.246 e. The van der Waals surface area contributed by atoms with E-state index in [0.717, 1.165) is 24.4 Å². The molecule has 2 aromatic rings. The van der Waals surface area contributed by atoms with Crippen LogP contribution in [0.2, 0.25) is 0 Å². The van der Waals surface area contributed by atoms with Crippen LogP contribution < -0.4 is 0 Å². The molecule has 0 aliphatic heterocycles. The number of hydrogen-bond acceptors (Lipinski definition) is 6. The van der Waals surface area contributed by atoms with Gasteiger partial charge >= 0.3 is 0 Å². The fraction of sp³-hybridized carbons (Fsp3) is 0.611. The highest BCUT2D eigenvalue weighted by Gasteiger charge is 2.29. The fourth-order valence-corrected chi connectivity index (χ4v) is 3.23. The van der Waals surface area contributed by atoms with Gasteiger partial charge in [-0.25, -0.2) is 0 Å². The van der Waals surface area contributed by atoms with Crippen LogP contribution >= 0.6 is 0 Å².